The third-order valence-corrected chi connectivity index (χ3v) is 4.53. The van der Waals surface area contributed by atoms with E-state index >= 15 is 0 Å². The van der Waals surface area contributed by atoms with Crippen molar-refractivity contribution in [2.75, 3.05) is 26.2 Å². The molecule has 23 heavy (non-hydrogen) atoms. The molecule has 1 aromatic rings. The highest BCUT2D eigenvalue weighted by atomic mass is 35.5. The Kier molecular flexibility index (Phi) is 5.92. The van der Waals surface area contributed by atoms with Gasteiger partial charge in [-0.3, -0.25) is 4.90 Å². The molecule has 130 valence electrons. The molecular weight excluding hydrogens is 332 g/mol. The summed E-state index contributed by atoms with van der Waals surface area (Å²) >= 11 is 0. The number of hydrogen-bond donors (Lipinski definition) is 1. The van der Waals surface area contributed by atoms with Gasteiger partial charge < -0.3 is 5.32 Å². The van der Waals surface area contributed by atoms with Gasteiger partial charge in [0.15, 0.2) is 0 Å². The Morgan fingerprint density at radius 3 is 2.39 bits per heavy atom. The second-order valence-electron chi connectivity index (χ2n) is 6.18. The van der Waals surface area contributed by atoms with Gasteiger partial charge in [-0.05, 0) is 24.0 Å². The predicted octanol–water partition coefficient (Wildman–Crippen LogP) is 4.01. The van der Waals surface area contributed by atoms with Crippen molar-refractivity contribution in [3.8, 4) is 0 Å². The average molecular weight is 353 g/mol. The number of alkyl halides is 3. The van der Waals surface area contributed by atoms with Gasteiger partial charge in [0.05, 0.1) is 5.56 Å². The lowest BCUT2D eigenvalue weighted by molar-refractivity contribution is -0.141. The lowest BCUT2D eigenvalue weighted by Gasteiger charge is -2.36. The van der Waals surface area contributed by atoms with Crippen molar-refractivity contribution in [1.82, 2.24) is 10.2 Å². The summed E-state index contributed by atoms with van der Waals surface area (Å²) in [5, 5.41) is 3.21. The molecule has 0 spiro atoms. The quantitative estimate of drug-likeness (QED) is 0.824. The number of nitrogens with one attached hydrogen (secondary N) is 1. The van der Waals surface area contributed by atoms with Crippen LogP contribution >= 0.6 is 12.4 Å². The normalized spacial score (nSPS) is 20.9. The SMILES string of the molecule is Cl.Fc1cccc([C@@H](CC2CC2)N2CCNCC2)c1C(F)(F)F. The number of rotatable bonds is 4. The molecular formula is C16H21ClF4N2. The Morgan fingerprint density at radius 1 is 1.17 bits per heavy atom. The molecule has 2 aliphatic rings. The van der Waals surface area contributed by atoms with Crippen molar-refractivity contribution in [3.05, 3.63) is 35.1 Å². The van der Waals surface area contributed by atoms with Crippen LogP contribution in [0.15, 0.2) is 18.2 Å². The standard InChI is InChI=1S/C16H20F4N2.ClH/c17-13-3-1-2-12(15(13)16(18,19)20)14(10-11-4-5-11)22-8-6-21-7-9-22;/h1-3,11,14,21H,4-10H2;1H/t14-;/m1./s1. The second-order valence-corrected chi connectivity index (χ2v) is 6.18. The molecule has 1 aromatic carbocycles. The van der Waals surface area contributed by atoms with Crippen LogP contribution in [-0.2, 0) is 6.18 Å². The highest BCUT2D eigenvalue weighted by molar-refractivity contribution is 5.85. The maximum atomic E-state index is 13.9. The molecule has 0 radical (unpaired) electrons. The van der Waals surface area contributed by atoms with Crippen molar-refractivity contribution in [2.24, 2.45) is 5.92 Å². The largest absolute Gasteiger partial charge is 0.419 e. The highest BCUT2D eigenvalue weighted by Crippen LogP contribution is 2.44. The summed E-state index contributed by atoms with van der Waals surface area (Å²) in [4.78, 5) is 2.07. The van der Waals surface area contributed by atoms with Crippen LogP contribution in [0.3, 0.4) is 0 Å². The van der Waals surface area contributed by atoms with Crippen molar-refractivity contribution in [2.45, 2.75) is 31.5 Å². The fraction of sp³-hybridized carbons (Fsp3) is 0.625. The molecule has 0 amide bonds. The topological polar surface area (TPSA) is 15.3 Å². The van der Waals surface area contributed by atoms with Gasteiger partial charge in [-0.1, -0.05) is 25.0 Å². The summed E-state index contributed by atoms with van der Waals surface area (Å²) in [6, 6.07) is 3.39. The van der Waals surface area contributed by atoms with Crippen LogP contribution in [0.1, 0.15) is 36.4 Å². The zero-order valence-corrected chi connectivity index (χ0v) is 13.5. The first kappa shape index (κ1) is 18.5. The minimum absolute atomic E-state index is 0. The third-order valence-electron chi connectivity index (χ3n) is 4.53. The molecule has 0 aromatic heterocycles. The summed E-state index contributed by atoms with van der Waals surface area (Å²) in [7, 11) is 0. The zero-order valence-electron chi connectivity index (χ0n) is 12.7. The molecule has 1 N–H and O–H groups in total. The van der Waals surface area contributed by atoms with Crippen LogP contribution in [0.2, 0.25) is 0 Å². The van der Waals surface area contributed by atoms with Crippen LogP contribution in [-0.4, -0.2) is 31.1 Å². The van der Waals surface area contributed by atoms with Gasteiger partial charge in [-0.25, -0.2) is 4.39 Å². The van der Waals surface area contributed by atoms with Crippen LogP contribution < -0.4 is 5.32 Å². The van der Waals surface area contributed by atoms with E-state index in [4.69, 9.17) is 0 Å². The van der Waals surface area contributed by atoms with E-state index in [2.05, 4.69) is 10.2 Å². The number of piperazine rings is 1. The van der Waals surface area contributed by atoms with Gasteiger partial charge in [0.1, 0.15) is 5.82 Å². The lowest BCUT2D eigenvalue weighted by Crippen LogP contribution is -2.45. The zero-order chi connectivity index (χ0) is 15.7. The molecule has 7 heteroatoms. The van der Waals surface area contributed by atoms with E-state index in [0.717, 1.165) is 32.0 Å². The number of nitrogens with zero attached hydrogens (tertiary/aromatic N) is 1. The number of benzene rings is 1. The Hall–Kier alpha value is -0.850. The van der Waals surface area contributed by atoms with Gasteiger partial charge >= 0.3 is 6.18 Å². The summed E-state index contributed by atoms with van der Waals surface area (Å²) in [5.74, 6) is -0.690. The fourth-order valence-electron chi connectivity index (χ4n) is 3.25. The van der Waals surface area contributed by atoms with Crippen molar-refractivity contribution in [1.29, 1.82) is 0 Å². The maximum Gasteiger partial charge on any atom is 0.419 e. The van der Waals surface area contributed by atoms with Gasteiger partial charge in [-0.15, -0.1) is 12.4 Å². The molecule has 1 heterocycles. The Bertz CT molecular complexity index is 525. The van der Waals surface area contributed by atoms with E-state index in [0.29, 0.717) is 25.4 Å². The predicted molar refractivity (Wildman–Crippen MR) is 83.2 cm³/mol. The Labute approximate surface area is 139 Å². The van der Waals surface area contributed by atoms with Crippen molar-refractivity contribution < 1.29 is 17.6 Å². The van der Waals surface area contributed by atoms with Crippen LogP contribution in [0.25, 0.3) is 0 Å². The summed E-state index contributed by atoms with van der Waals surface area (Å²) < 4.78 is 53.8. The van der Waals surface area contributed by atoms with E-state index in [1.54, 1.807) is 0 Å². The van der Waals surface area contributed by atoms with E-state index in [1.165, 1.54) is 12.1 Å². The fourth-order valence-corrected chi connectivity index (χ4v) is 3.25. The van der Waals surface area contributed by atoms with E-state index in [-0.39, 0.29) is 24.0 Å². The number of halogens is 5. The molecule has 1 aliphatic carbocycles. The van der Waals surface area contributed by atoms with Gasteiger partial charge in [0.2, 0.25) is 0 Å². The van der Waals surface area contributed by atoms with Crippen LogP contribution in [0.4, 0.5) is 17.6 Å². The molecule has 2 nitrogen and oxygen atoms in total. The highest BCUT2D eigenvalue weighted by Gasteiger charge is 2.41. The van der Waals surface area contributed by atoms with Gasteiger partial charge in [0, 0.05) is 32.2 Å². The molecule has 3 rings (SSSR count). The Morgan fingerprint density at radius 2 is 1.83 bits per heavy atom. The third kappa shape index (κ3) is 4.37. The summed E-state index contributed by atoms with van der Waals surface area (Å²) in [6.07, 6.45) is -1.83. The molecule has 0 bridgehead atoms. The number of hydrogen-bond acceptors (Lipinski definition) is 2. The molecule has 2 fully saturated rings. The molecule has 0 unspecified atom stereocenters. The van der Waals surface area contributed by atoms with Crippen LogP contribution in [0.5, 0.6) is 0 Å². The molecule has 1 aliphatic heterocycles. The first-order valence-corrected chi connectivity index (χ1v) is 7.77. The minimum Gasteiger partial charge on any atom is -0.314 e. The van der Waals surface area contributed by atoms with Gasteiger partial charge in [-0.2, -0.15) is 13.2 Å². The summed E-state index contributed by atoms with van der Waals surface area (Å²) in [5.41, 5.74) is -0.986. The molecule has 1 atom stereocenters. The Balaban J connectivity index is 0.00000192. The van der Waals surface area contributed by atoms with E-state index in [9.17, 15) is 17.6 Å². The smallest absolute Gasteiger partial charge is 0.314 e. The first-order valence-electron chi connectivity index (χ1n) is 7.77. The van der Waals surface area contributed by atoms with E-state index < -0.39 is 17.6 Å². The second kappa shape index (κ2) is 7.36. The maximum absolute atomic E-state index is 13.9. The molecule has 1 saturated heterocycles. The first-order chi connectivity index (χ1) is 10.5. The van der Waals surface area contributed by atoms with Crippen LogP contribution in [0, 0.1) is 11.7 Å². The lowest BCUT2D eigenvalue weighted by atomic mass is 9.93. The minimum atomic E-state index is -4.66. The average Bonchev–Trinajstić information content (AvgIpc) is 3.28. The molecule has 1 saturated carbocycles. The van der Waals surface area contributed by atoms with Gasteiger partial charge in [0.25, 0.3) is 0 Å². The monoisotopic (exact) mass is 352 g/mol. The van der Waals surface area contributed by atoms with Crippen molar-refractivity contribution in [3.63, 3.8) is 0 Å². The van der Waals surface area contributed by atoms with Crippen molar-refractivity contribution >= 4 is 12.4 Å². The summed E-state index contributed by atoms with van der Waals surface area (Å²) in [6.45, 7) is 2.92. The van der Waals surface area contributed by atoms with E-state index in [1.807, 2.05) is 0 Å².